The first-order valence-corrected chi connectivity index (χ1v) is 9.88. The lowest BCUT2D eigenvalue weighted by Crippen LogP contribution is -2.50. The van der Waals surface area contributed by atoms with Gasteiger partial charge in [0.25, 0.3) is 5.91 Å². The van der Waals surface area contributed by atoms with Gasteiger partial charge in [0, 0.05) is 18.5 Å². The van der Waals surface area contributed by atoms with Crippen LogP contribution in [0.5, 0.6) is 0 Å². The molecule has 0 radical (unpaired) electrons. The molecule has 204 valence electrons. The normalized spacial score (nSPS) is 12.9. The van der Waals surface area contributed by atoms with Gasteiger partial charge in [0.15, 0.2) is 5.82 Å². The molecule has 5 nitrogen and oxygen atoms in total. The van der Waals surface area contributed by atoms with Gasteiger partial charge < -0.3 is 16.4 Å². The van der Waals surface area contributed by atoms with Gasteiger partial charge in [-0.25, -0.2) is 8.78 Å². The molecule has 0 aliphatic rings. The summed E-state index contributed by atoms with van der Waals surface area (Å²) in [6.45, 7) is 0.416. The Kier molecular flexibility index (Phi) is 8.05. The largest absolute Gasteiger partial charge is 0.435 e. The number of nitrogens with one attached hydrogen (secondary N) is 2. The summed E-state index contributed by atoms with van der Waals surface area (Å²) in [4.78, 5) is 23.3. The molecule has 0 aromatic heterocycles. The number of hydrogen-bond acceptors (Lipinski definition) is 3. The van der Waals surface area contributed by atoms with Gasteiger partial charge in [0.05, 0.1) is 22.5 Å². The molecule has 0 heterocycles. The third-order valence-corrected chi connectivity index (χ3v) is 4.99. The summed E-state index contributed by atoms with van der Waals surface area (Å²) in [5, 5.41) is 4.03. The fourth-order valence-electron chi connectivity index (χ4n) is 3.21. The lowest BCUT2D eigenvalue weighted by molar-refractivity contribution is -0.348. The number of primary amides is 1. The Morgan fingerprint density at radius 3 is 1.97 bits per heavy atom. The molecular formula is C21H16F11N3O2. The van der Waals surface area contributed by atoms with E-state index < -0.39 is 75.8 Å². The van der Waals surface area contributed by atoms with Crippen molar-refractivity contribution in [3.63, 3.8) is 0 Å². The highest BCUT2D eigenvalue weighted by molar-refractivity contribution is 6.06. The van der Waals surface area contributed by atoms with Crippen LogP contribution in [0.2, 0.25) is 0 Å². The quantitative estimate of drug-likeness (QED) is 0.370. The first-order chi connectivity index (χ1) is 16.7. The number of aryl methyl sites for hydroxylation is 1. The molecule has 0 atom stereocenters. The number of rotatable bonds is 7. The van der Waals surface area contributed by atoms with Gasteiger partial charge in [-0.15, -0.1) is 0 Å². The number of amides is 2. The Balaban J connectivity index is 2.58. The van der Waals surface area contributed by atoms with Crippen LogP contribution in [-0.4, -0.2) is 30.7 Å². The first kappa shape index (κ1) is 29.6. The van der Waals surface area contributed by atoms with E-state index in [1.807, 2.05) is 0 Å². The average molecular weight is 551 g/mol. The van der Waals surface area contributed by atoms with Gasteiger partial charge in [-0.1, -0.05) is 12.1 Å². The number of hydrogen-bond donors (Lipinski definition) is 3. The lowest BCUT2D eigenvalue weighted by Gasteiger charge is -2.31. The van der Waals surface area contributed by atoms with E-state index in [1.165, 1.54) is 0 Å². The van der Waals surface area contributed by atoms with Crippen LogP contribution in [0.15, 0.2) is 30.3 Å². The third-order valence-electron chi connectivity index (χ3n) is 4.99. The summed E-state index contributed by atoms with van der Waals surface area (Å²) in [5.41, 5.74) is -9.46. The molecule has 2 aromatic carbocycles. The fraction of sp³-hybridized carbons (Fsp3) is 0.333. The van der Waals surface area contributed by atoms with Gasteiger partial charge in [-0.3, -0.25) is 9.59 Å². The Labute approximate surface area is 200 Å². The van der Waals surface area contributed by atoms with Crippen molar-refractivity contribution in [2.75, 3.05) is 17.2 Å². The third kappa shape index (κ3) is 6.05. The van der Waals surface area contributed by atoms with Crippen molar-refractivity contribution >= 4 is 23.2 Å². The van der Waals surface area contributed by atoms with Crippen molar-refractivity contribution in [2.45, 2.75) is 37.5 Å². The minimum Gasteiger partial charge on any atom is -0.382 e. The second-order valence-corrected chi connectivity index (χ2v) is 7.63. The maximum atomic E-state index is 14.7. The van der Waals surface area contributed by atoms with E-state index in [4.69, 9.17) is 5.73 Å². The van der Waals surface area contributed by atoms with Crippen LogP contribution >= 0.6 is 0 Å². The van der Waals surface area contributed by atoms with Crippen molar-refractivity contribution < 1.29 is 57.9 Å². The van der Waals surface area contributed by atoms with Crippen molar-refractivity contribution in [3.05, 3.63) is 58.4 Å². The molecule has 0 unspecified atom stereocenters. The standard InChI is InChI=1S/C21H16F11N3O2/c1-9-7-10(18(23,20(27,28)29)21(30,31)32)8-12(19(24,25)26)16(9)35-17(37)11-3-2-4-13(15(11)22)34-6-5-14(33)36/h2-4,7-8,34H,5-6H2,1H3,(H2,33,36)(H,35,37). The second-order valence-electron chi connectivity index (χ2n) is 7.63. The van der Waals surface area contributed by atoms with Crippen LogP contribution in [0.25, 0.3) is 0 Å². The summed E-state index contributed by atoms with van der Waals surface area (Å²) in [6, 6.07) is 2.14. The van der Waals surface area contributed by atoms with Crippen LogP contribution < -0.4 is 16.4 Å². The summed E-state index contributed by atoms with van der Waals surface area (Å²) in [7, 11) is 0. The zero-order valence-electron chi connectivity index (χ0n) is 18.4. The predicted octanol–water partition coefficient (Wildman–Crippen LogP) is 5.98. The smallest absolute Gasteiger partial charge is 0.382 e. The van der Waals surface area contributed by atoms with E-state index in [0.717, 1.165) is 18.2 Å². The maximum absolute atomic E-state index is 14.7. The zero-order chi connectivity index (χ0) is 28.6. The number of nitrogens with two attached hydrogens (primary N) is 1. The van der Waals surface area contributed by atoms with Gasteiger partial charge in [0.1, 0.15) is 0 Å². The van der Waals surface area contributed by atoms with Crippen LogP contribution in [0.4, 0.5) is 59.7 Å². The SMILES string of the molecule is Cc1cc(C(F)(C(F)(F)F)C(F)(F)F)cc(C(F)(F)F)c1NC(=O)c1cccc(NCCC(N)=O)c1F. The predicted molar refractivity (Wildman–Crippen MR) is 108 cm³/mol. The number of anilines is 2. The Hall–Kier alpha value is -3.59. The molecule has 0 saturated carbocycles. The lowest BCUT2D eigenvalue weighted by atomic mass is 9.90. The topological polar surface area (TPSA) is 84.2 Å². The summed E-state index contributed by atoms with van der Waals surface area (Å²) in [5.74, 6) is -3.62. The maximum Gasteiger partial charge on any atom is 0.435 e. The van der Waals surface area contributed by atoms with E-state index in [2.05, 4.69) is 5.32 Å². The molecule has 0 saturated heterocycles. The minimum atomic E-state index is -6.68. The average Bonchev–Trinajstić information content (AvgIpc) is 2.72. The van der Waals surface area contributed by atoms with Crippen molar-refractivity contribution in [1.29, 1.82) is 0 Å². The van der Waals surface area contributed by atoms with E-state index in [9.17, 15) is 57.9 Å². The highest BCUT2D eigenvalue weighted by Crippen LogP contribution is 2.54. The number of halogens is 11. The molecular weight excluding hydrogens is 535 g/mol. The molecule has 0 aliphatic heterocycles. The Bertz CT molecular complexity index is 1170. The number of benzene rings is 2. The zero-order valence-corrected chi connectivity index (χ0v) is 18.4. The molecule has 16 heteroatoms. The highest BCUT2D eigenvalue weighted by atomic mass is 19.4. The molecule has 2 amide bonds. The highest BCUT2D eigenvalue weighted by Gasteiger charge is 2.73. The molecule has 0 aliphatic carbocycles. The molecule has 0 bridgehead atoms. The molecule has 37 heavy (non-hydrogen) atoms. The van der Waals surface area contributed by atoms with Crippen molar-refractivity contribution in [2.24, 2.45) is 5.73 Å². The van der Waals surface area contributed by atoms with Gasteiger partial charge in [-0.05, 0) is 30.7 Å². The van der Waals surface area contributed by atoms with Gasteiger partial charge in [-0.2, -0.15) is 39.5 Å². The molecule has 2 rings (SSSR count). The van der Waals surface area contributed by atoms with E-state index in [0.29, 0.717) is 6.92 Å². The van der Waals surface area contributed by atoms with E-state index in [-0.39, 0.29) is 24.7 Å². The monoisotopic (exact) mass is 551 g/mol. The molecule has 4 N–H and O–H groups in total. The fourth-order valence-corrected chi connectivity index (χ4v) is 3.21. The number of carbonyl (C=O) groups is 2. The van der Waals surface area contributed by atoms with Gasteiger partial charge >= 0.3 is 24.2 Å². The van der Waals surface area contributed by atoms with Crippen LogP contribution in [0.1, 0.15) is 33.5 Å². The first-order valence-electron chi connectivity index (χ1n) is 9.88. The van der Waals surface area contributed by atoms with E-state index >= 15 is 0 Å². The van der Waals surface area contributed by atoms with Crippen LogP contribution in [0.3, 0.4) is 0 Å². The number of alkyl halides is 10. The Morgan fingerprint density at radius 2 is 1.49 bits per heavy atom. The van der Waals surface area contributed by atoms with Crippen molar-refractivity contribution in [3.8, 4) is 0 Å². The summed E-state index contributed by atoms with van der Waals surface area (Å²) >= 11 is 0. The molecule has 0 spiro atoms. The molecule has 0 fully saturated rings. The van der Waals surface area contributed by atoms with Crippen LogP contribution in [0, 0.1) is 12.7 Å². The van der Waals surface area contributed by atoms with Gasteiger partial charge in [0.2, 0.25) is 5.91 Å². The van der Waals surface area contributed by atoms with Crippen molar-refractivity contribution in [1.82, 2.24) is 0 Å². The number of carbonyl (C=O) groups excluding carboxylic acids is 2. The summed E-state index contributed by atoms with van der Waals surface area (Å²) < 4.78 is 148. The molecule has 2 aromatic rings. The summed E-state index contributed by atoms with van der Waals surface area (Å²) in [6.07, 6.45) is -19.3. The van der Waals surface area contributed by atoms with Crippen LogP contribution in [-0.2, 0) is 16.6 Å². The second kappa shape index (κ2) is 10.0. The Morgan fingerprint density at radius 1 is 0.919 bits per heavy atom. The minimum absolute atomic E-state index is 0.149. The van der Waals surface area contributed by atoms with E-state index in [1.54, 1.807) is 5.32 Å².